The van der Waals surface area contributed by atoms with Crippen LogP contribution in [0.3, 0.4) is 0 Å². The summed E-state index contributed by atoms with van der Waals surface area (Å²) in [6, 6.07) is 18.1. The van der Waals surface area contributed by atoms with Crippen LogP contribution in [0.25, 0.3) is 10.9 Å². The van der Waals surface area contributed by atoms with Crippen LogP contribution >= 0.6 is 0 Å². The van der Waals surface area contributed by atoms with Gasteiger partial charge in [-0.2, -0.15) is 0 Å². The molecule has 0 amide bonds. The molecule has 0 saturated heterocycles. The minimum atomic E-state index is -0.978. The molecule has 0 fully saturated rings. The molecular weight excluding hydrogens is 354 g/mol. The average Bonchev–Trinajstić information content (AvgIpc) is 2.68. The van der Waals surface area contributed by atoms with Gasteiger partial charge in [0.05, 0.1) is 16.8 Å². The van der Waals surface area contributed by atoms with E-state index in [0.717, 1.165) is 16.6 Å². The number of carbonyl (C=O) groups is 1. The highest BCUT2D eigenvalue weighted by Gasteiger charge is 2.08. The van der Waals surface area contributed by atoms with E-state index in [0.29, 0.717) is 23.1 Å². The zero-order valence-electron chi connectivity index (χ0n) is 15.0. The zero-order valence-corrected chi connectivity index (χ0v) is 15.0. The molecule has 28 heavy (non-hydrogen) atoms. The Morgan fingerprint density at radius 2 is 1.68 bits per heavy atom. The van der Waals surface area contributed by atoms with E-state index >= 15 is 0 Å². The van der Waals surface area contributed by atoms with E-state index in [1.54, 1.807) is 43.5 Å². The number of hydrogen-bond donors (Lipinski definition) is 3. The topological polar surface area (TPSA) is 100 Å². The van der Waals surface area contributed by atoms with Crippen LogP contribution in [-0.4, -0.2) is 26.0 Å². The van der Waals surface area contributed by atoms with Crippen molar-refractivity contribution in [2.24, 2.45) is 0 Å². The molecule has 0 unspecified atom stereocenters. The zero-order chi connectivity index (χ0) is 19.5. The number of aromatic nitrogens is 3. The number of fused-ring (bicyclic) bond motifs is 1. The van der Waals surface area contributed by atoms with Gasteiger partial charge in [-0.25, -0.2) is 14.8 Å². The monoisotopic (exact) mass is 371 g/mol. The van der Waals surface area contributed by atoms with Crippen LogP contribution in [0.5, 0.6) is 0 Å². The fraction of sp³-hybridized carbons (Fsp3) is 0.0476. The number of aromatic carboxylic acids is 1. The van der Waals surface area contributed by atoms with Crippen LogP contribution in [-0.2, 0) is 0 Å². The Kier molecular flexibility index (Phi) is 4.55. The number of nitrogens with one attached hydrogen (secondary N) is 2. The van der Waals surface area contributed by atoms with Gasteiger partial charge < -0.3 is 15.7 Å². The number of rotatable bonds is 5. The van der Waals surface area contributed by atoms with E-state index in [1.165, 1.54) is 0 Å². The summed E-state index contributed by atoms with van der Waals surface area (Å²) in [5.41, 5.74) is 2.53. The molecule has 0 aliphatic carbocycles. The lowest BCUT2D eigenvalue weighted by atomic mass is 10.2. The minimum Gasteiger partial charge on any atom is -0.478 e. The molecule has 4 aromatic rings. The highest BCUT2D eigenvalue weighted by molar-refractivity contribution is 5.92. The van der Waals surface area contributed by atoms with Crippen LogP contribution in [0.1, 0.15) is 16.2 Å². The van der Waals surface area contributed by atoms with Crippen LogP contribution in [0.4, 0.5) is 23.0 Å². The van der Waals surface area contributed by atoms with Crippen molar-refractivity contribution in [2.75, 3.05) is 10.6 Å². The summed E-state index contributed by atoms with van der Waals surface area (Å²) in [6.45, 7) is 1.80. The highest BCUT2D eigenvalue weighted by Crippen LogP contribution is 2.25. The summed E-state index contributed by atoms with van der Waals surface area (Å²) in [6.07, 6.45) is 1.75. The maximum absolute atomic E-state index is 11.2. The molecule has 138 valence electrons. The van der Waals surface area contributed by atoms with E-state index in [2.05, 4.69) is 25.6 Å². The van der Waals surface area contributed by atoms with Crippen molar-refractivity contribution in [3.05, 3.63) is 78.2 Å². The van der Waals surface area contributed by atoms with Crippen molar-refractivity contribution < 1.29 is 9.90 Å². The van der Waals surface area contributed by atoms with Crippen molar-refractivity contribution >= 4 is 39.9 Å². The van der Waals surface area contributed by atoms with E-state index in [4.69, 9.17) is 5.11 Å². The van der Waals surface area contributed by atoms with Crippen molar-refractivity contribution in [3.63, 3.8) is 0 Å². The lowest BCUT2D eigenvalue weighted by Crippen LogP contribution is -2.03. The molecule has 0 saturated carbocycles. The van der Waals surface area contributed by atoms with E-state index in [9.17, 15) is 4.79 Å². The molecule has 0 spiro atoms. The number of para-hydroxylation sites is 1. The molecule has 7 heteroatoms. The average molecular weight is 371 g/mol. The smallest absolute Gasteiger partial charge is 0.335 e. The van der Waals surface area contributed by atoms with Crippen LogP contribution in [0.15, 0.2) is 66.9 Å². The number of hydrogen-bond acceptors (Lipinski definition) is 6. The van der Waals surface area contributed by atoms with Gasteiger partial charge in [0.15, 0.2) is 0 Å². The number of carboxylic acids is 1. The van der Waals surface area contributed by atoms with Crippen molar-refractivity contribution in [3.8, 4) is 0 Å². The quantitative estimate of drug-likeness (QED) is 0.474. The third kappa shape index (κ3) is 3.73. The fourth-order valence-corrected chi connectivity index (χ4v) is 2.92. The van der Waals surface area contributed by atoms with E-state index < -0.39 is 5.97 Å². The summed E-state index contributed by atoms with van der Waals surface area (Å²) in [4.78, 5) is 24.4. The van der Waals surface area contributed by atoms with Gasteiger partial charge in [-0.15, -0.1) is 0 Å². The maximum atomic E-state index is 11.2. The third-order valence-corrected chi connectivity index (χ3v) is 4.12. The van der Waals surface area contributed by atoms with Gasteiger partial charge in [0, 0.05) is 23.3 Å². The van der Waals surface area contributed by atoms with Gasteiger partial charge in [0.1, 0.15) is 17.5 Å². The van der Waals surface area contributed by atoms with Crippen molar-refractivity contribution in [2.45, 2.75) is 6.92 Å². The number of benzene rings is 2. The Morgan fingerprint density at radius 3 is 2.50 bits per heavy atom. The molecule has 2 aromatic carbocycles. The van der Waals surface area contributed by atoms with Crippen LogP contribution in [0.2, 0.25) is 0 Å². The van der Waals surface area contributed by atoms with Crippen molar-refractivity contribution in [1.29, 1.82) is 0 Å². The largest absolute Gasteiger partial charge is 0.478 e. The second kappa shape index (κ2) is 7.32. The Bertz CT molecular complexity index is 1170. The molecule has 3 N–H and O–H groups in total. The molecule has 2 aromatic heterocycles. The second-order valence-electron chi connectivity index (χ2n) is 6.20. The normalized spacial score (nSPS) is 10.6. The van der Waals surface area contributed by atoms with Crippen molar-refractivity contribution in [1.82, 2.24) is 15.0 Å². The molecular formula is C21H17N5O2. The Hall–Kier alpha value is -4.00. The lowest BCUT2D eigenvalue weighted by Gasteiger charge is -2.12. The number of pyridine rings is 1. The van der Waals surface area contributed by atoms with Gasteiger partial charge in [-0.1, -0.05) is 24.3 Å². The van der Waals surface area contributed by atoms with E-state index in [-0.39, 0.29) is 5.56 Å². The van der Waals surface area contributed by atoms with E-state index in [1.807, 2.05) is 30.3 Å². The number of nitrogens with zero attached hydrogens (tertiary/aromatic N) is 3. The Morgan fingerprint density at radius 1 is 0.929 bits per heavy atom. The Balaban J connectivity index is 1.64. The molecule has 0 atom stereocenters. The second-order valence-corrected chi connectivity index (χ2v) is 6.20. The molecule has 7 nitrogen and oxygen atoms in total. The molecule has 2 heterocycles. The molecule has 0 radical (unpaired) electrons. The van der Waals surface area contributed by atoms with Gasteiger partial charge in [0.25, 0.3) is 0 Å². The van der Waals surface area contributed by atoms with Gasteiger partial charge in [-0.3, -0.25) is 4.98 Å². The maximum Gasteiger partial charge on any atom is 0.335 e. The summed E-state index contributed by atoms with van der Waals surface area (Å²) in [7, 11) is 0. The molecule has 4 rings (SSSR count). The highest BCUT2D eigenvalue weighted by atomic mass is 16.4. The van der Waals surface area contributed by atoms with Crippen LogP contribution in [0, 0.1) is 6.92 Å². The predicted octanol–water partition coefficient (Wildman–Crippen LogP) is 4.52. The summed E-state index contributed by atoms with van der Waals surface area (Å²) in [5.74, 6) is 0.775. The first-order valence-corrected chi connectivity index (χ1v) is 8.65. The van der Waals surface area contributed by atoms with Gasteiger partial charge in [-0.05, 0) is 37.3 Å². The van der Waals surface area contributed by atoms with Crippen LogP contribution < -0.4 is 10.6 Å². The Labute approximate surface area is 161 Å². The molecule has 0 aliphatic heterocycles. The first-order valence-electron chi connectivity index (χ1n) is 8.65. The lowest BCUT2D eigenvalue weighted by molar-refractivity contribution is 0.0697. The molecule has 0 bridgehead atoms. The fourth-order valence-electron chi connectivity index (χ4n) is 2.92. The number of anilines is 4. The third-order valence-electron chi connectivity index (χ3n) is 4.12. The minimum absolute atomic E-state index is 0.205. The summed E-state index contributed by atoms with van der Waals surface area (Å²) in [5, 5.41) is 16.6. The first kappa shape index (κ1) is 17.4. The molecule has 0 aliphatic rings. The predicted molar refractivity (Wildman–Crippen MR) is 108 cm³/mol. The number of carboxylic acid groups (broad SMARTS) is 1. The summed E-state index contributed by atoms with van der Waals surface area (Å²) >= 11 is 0. The SMILES string of the molecule is Cc1nc(Nc2cccc(C(=O)O)c2)cc(Nc2cccc3cccnc23)n1. The standard InChI is InChI=1S/C21H17N5O2/c1-13-23-18(25-16-8-2-6-15(11-16)21(27)28)12-19(24-13)26-17-9-3-5-14-7-4-10-22-20(14)17/h2-12H,1H3,(H,27,28)(H2,23,24,25,26). The summed E-state index contributed by atoms with van der Waals surface area (Å²) < 4.78 is 0. The number of aryl methyl sites for hydroxylation is 1. The van der Waals surface area contributed by atoms with Gasteiger partial charge >= 0.3 is 5.97 Å². The van der Waals surface area contributed by atoms with Gasteiger partial charge in [0.2, 0.25) is 0 Å². The first-order chi connectivity index (χ1) is 13.6.